The topological polar surface area (TPSA) is 75.1 Å². The third-order valence-electron chi connectivity index (χ3n) is 2.41. The van der Waals surface area contributed by atoms with Crippen molar-refractivity contribution >= 4 is 34.7 Å². The Morgan fingerprint density at radius 2 is 2.21 bits per heavy atom. The molecule has 2 aromatic heterocycles. The van der Waals surface area contributed by atoms with Gasteiger partial charge in [-0.1, -0.05) is 11.6 Å². The van der Waals surface area contributed by atoms with Crippen LogP contribution in [0.15, 0.2) is 17.5 Å². The molecule has 0 fully saturated rings. The number of rotatable bonds is 4. The first-order chi connectivity index (χ1) is 8.95. The lowest BCUT2D eigenvalue weighted by Gasteiger charge is -2.12. The first-order valence-electron chi connectivity index (χ1n) is 5.55. The highest BCUT2D eigenvalue weighted by Gasteiger charge is 2.12. The van der Waals surface area contributed by atoms with Crippen LogP contribution >= 0.6 is 22.9 Å². The average Bonchev–Trinajstić information content (AvgIpc) is 2.75. The van der Waals surface area contributed by atoms with Crippen molar-refractivity contribution in [3.05, 3.63) is 38.9 Å². The molecular formula is C12H12ClN3O2S. The second-order valence-electron chi connectivity index (χ2n) is 4.06. The zero-order valence-electron chi connectivity index (χ0n) is 10.3. The molecule has 2 rings (SSSR count). The van der Waals surface area contributed by atoms with Gasteiger partial charge < -0.3 is 10.4 Å². The maximum Gasteiger partial charge on any atom is 0.335 e. The predicted octanol–water partition coefficient (Wildman–Crippen LogP) is 3.37. The molecule has 0 aromatic carbocycles. The minimum Gasteiger partial charge on any atom is -0.478 e. The lowest BCUT2D eigenvalue weighted by molar-refractivity contribution is 0.0697. The quantitative estimate of drug-likeness (QED) is 0.846. The van der Waals surface area contributed by atoms with Gasteiger partial charge in [-0.05, 0) is 26.0 Å². The van der Waals surface area contributed by atoms with Crippen LogP contribution in [-0.2, 0) is 0 Å². The summed E-state index contributed by atoms with van der Waals surface area (Å²) in [7, 11) is 0. The fraction of sp³-hybridized carbons (Fsp3) is 0.250. The molecule has 5 nitrogen and oxygen atoms in total. The van der Waals surface area contributed by atoms with Crippen LogP contribution in [0.3, 0.4) is 0 Å². The lowest BCUT2D eigenvalue weighted by atomic mass is 10.2. The lowest BCUT2D eigenvalue weighted by Crippen LogP contribution is -2.09. The number of pyridine rings is 1. The summed E-state index contributed by atoms with van der Waals surface area (Å²) in [4.78, 5) is 19.4. The van der Waals surface area contributed by atoms with E-state index in [0.29, 0.717) is 5.82 Å². The maximum absolute atomic E-state index is 10.9. The number of anilines is 1. The minimum absolute atomic E-state index is 0.0636. The number of aromatic nitrogens is 2. The molecule has 0 bridgehead atoms. The maximum atomic E-state index is 10.9. The van der Waals surface area contributed by atoms with Crippen molar-refractivity contribution < 1.29 is 9.90 Å². The summed E-state index contributed by atoms with van der Waals surface area (Å²) in [5.74, 6) is -0.615. The Hall–Kier alpha value is -1.66. The molecule has 1 atom stereocenters. The standard InChI is InChI=1S/C12H12ClN3O2S/c1-6-5-19-11(14-6)7(2)15-10-4-8(12(17)18)3-9(13)16-10/h3-5,7H,1-2H3,(H,15,16)(H,17,18). The van der Waals surface area contributed by atoms with E-state index in [4.69, 9.17) is 16.7 Å². The Morgan fingerprint density at radius 3 is 2.79 bits per heavy atom. The van der Waals surface area contributed by atoms with Gasteiger partial charge in [0, 0.05) is 11.1 Å². The molecule has 0 aliphatic rings. The Morgan fingerprint density at radius 1 is 1.47 bits per heavy atom. The highest BCUT2D eigenvalue weighted by atomic mass is 35.5. The summed E-state index contributed by atoms with van der Waals surface area (Å²) in [6, 6.07) is 2.70. The van der Waals surface area contributed by atoms with E-state index in [9.17, 15) is 4.79 Å². The van der Waals surface area contributed by atoms with Crippen LogP contribution in [0.4, 0.5) is 5.82 Å². The van der Waals surface area contributed by atoms with Gasteiger partial charge in [0.25, 0.3) is 0 Å². The van der Waals surface area contributed by atoms with Crippen LogP contribution in [-0.4, -0.2) is 21.0 Å². The molecule has 0 spiro atoms. The number of aryl methyl sites for hydroxylation is 1. The third kappa shape index (κ3) is 3.42. The molecule has 2 N–H and O–H groups in total. The molecule has 2 heterocycles. The molecule has 7 heteroatoms. The highest BCUT2D eigenvalue weighted by Crippen LogP contribution is 2.23. The number of halogens is 1. The van der Waals surface area contributed by atoms with Crippen molar-refractivity contribution in [3.8, 4) is 0 Å². The molecule has 0 amide bonds. The van der Waals surface area contributed by atoms with Gasteiger partial charge in [-0.25, -0.2) is 14.8 Å². The summed E-state index contributed by atoms with van der Waals surface area (Å²) in [6.07, 6.45) is 0. The minimum atomic E-state index is -1.04. The van der Waals surface area contributed by atoms with Crippen LogP contribution in [0.1, 0.15) is 34.0 Å². The van der Waals surface area contributed by atoms with Gasteiger partial charge in [-0.3, -0.25) is 0 Å². The molecular weight excluding hydrogens is 286 g/mol. The zero-order valence-corrected chi connectivity index (χ0v) is 11.9. The summed E-state index contributed by atoms with van der Waals surface area (Å²) >= 11 is 7.34. The number of hydrogen-bond acceptors (Lipinski definition) is 5. The molecule has 2 aromatic rings. The van der Waals surface area contributed by atoms with Gasteiger partial charge in [-0.2, -0.15) is 0 Å². The van der Waals surface area contributed by atoms with Gasteiger partial charge in [-0.15, -0.1) is 11.3 Å². The van der Waals surface area contributed by atoms with Gasteiger partial charge in [0.15, 0.2) is 0 Å². The Balaban J connectivity index is 2.21. The molecule has 100 valence electrons. The number of carbonyl (C=O) groups is 1. The monoisotopic (exact) mass is 297 g/mol. The molecule has 0 aliphatic carbocycles. The number of nitrogens with zero attached hydrogens (tertiary/aromatic N) is 2. The highest BCUT2D eigenvalue weighted by molar-refractivity contribution is 7.09. The van der Waals surface area contributed by atoms with Crippen molar-refractivity contribution in [1.82, 2.24) is 9.97 Å². The second kappa shape index (κ2) is 5.54. The summed E-state index contributed by atoms with van der Waals surface area (Å²) < 4.78 is 0. The molecule has 0 saturated heterocycles. The zero-order chi connectivity index (χ0) is 14.0. The first-order valence-corrected chi connectivity index (χ1v) is 6.81. The van der Waals surface area contributed by atoms with Crippen molar-refractivity contribution in [2.24, 2.45) is 0 Å². The summed E-state index contributed by atoms with van der Waals surface area (Å²) in [6.45, 7) is 3.86. The largest absolute Gasteiger partial charge is 0.478 e. The van der Waals surface area contributed by atoms with Crippen molar-refractivity contribution in [2.45, 2.75) is 19.9 Å². The normalized spacial score (nSPS) is 12.2. The van der Waals surface area contributed by atoms with E-state index in [1.54, 1.807) is 11.3 Å². The van der Waals surface area contributed by atoms with Crippen LogP contribution in [0.5, 0.6) is 0 Å². The predicted molar refractivity (Wildman–Crippen MR) is 75.1 cm³/mol. The van der Waals surface area contributed by atoms with Gasteiger partial charge in [0.2, 0.25) is 0 Å². The van der Waals surface area contributed by atoms with Crippen LogP contribution in [0, 0.1) is 6.92 Å². The smallest absolute Gasteiger partial charge is 0.335 e. The van der Waals surface area contributed by atoms with E-state index < -0.39 is 5.97 Å². The Kier molecular flexibility index (Phi) is 4.01. The second-order valence-corrected chi connectivity index (χ2v) is 5.34. The third-order valence-corrected chi connectivity index (χ3v) is 3.75. The number of carboxylic acids is 1. The molecule has 19 heavy (non-hydrogen) atoms. The average molecular weight is 298 g/mol. The van der Waals surface area contributed by atoms with Gasteiger partial charge >= 0.3 is 5.97 Å². The molecule has 0 radical (unpaired) electrons. The van der Waals surface area contributed by atoms with E-state index in [-0.39, 0.29) is 16.8 Å². The Bertz CT molecular complexity index is 615. The molecule has 0 aliphatic heterocycles. The molecule has 1 unspecified atom stereocenters. The van der Waals surface area contributed by atoms with Gasteiger partial charge in [0.1, 0.15) is 16.0 Å². The Labute approximate surface area is 119 Å². The van der Waals surface area contributed by atoms with Crippen molar-refractivity contribution in [1.29, 1.82) is 0 Å². The number of aromatic carboxylic acids is 1. The SMILES string of the molecule is Cc1csc(C(C)Nc2cc(C(=O)O)cc(Cl)n2)n1. The number of hydrogen-bond donors (Lipinski definition) is 2. The van der Waals surface area contributed by atoms with E-state index >= 15 is 0 Å². The van der Waals surface area contributed by atoms with E-state index in [1.807, 2.05) is 19.2 Å². The number of thiazole rings is 1. The summed E-state index contributed by atoms with van der Waals surface area (Å²) in [5.41, 5.74) is 1.06. The van der Waals surface area contributed by atoms with E-state index in [0.717, 1.165) is 10.7 Å². The van der Waals surface area contributed by atoms with Crippen LogP contribution < -0.4 is 5.32 Å². The number of carboxylic acid groups (broad SMARTS) is 1. The van der Waals surface area contributed by atoms with Crippen molar-refractivity contribution in [2.75, 3.05) is 5.32 Å². The van der Waals surface area contributed by atoms with E-state index in [2.05, 4.69) is 15.3 Å². The van der Waals surface area contributed by atoms with Crippen LogP contribution in [0.2, 0.25) is 5.15 Å². The first kappa shape index (κ1) is 13.8. The molecule has 0 saturated carbocycles. The number of nitrogens with one attached hydrogen (secondary N) is 1. The van der Waals surface area contributed by atoms with E-state index in [1.165, 1.54) is 12.1 Å². The summed E-state index contributed by atoms with van der Waals surface area (Å²) in [5, 5.41) is 15.1. The van der Waals surface area contributed by atoms with Crippen LogP contribution in [0.25, 0.3) is 0 Å². The van der Waals surface area contributed by atoms with Crippen molar-refractivity contribution in [3.63, 3.8) is 0 Å². The fourth-order valence-electron chi connectivity index (χ4n) is 1.55. The fourth-order valence-corrected chi connectivity index (χ4v) is 2.56. The van der Waals surface area contributed by atoms with Gasteiger partial charge in [0.05, 0.1) is 11.6 Å².